The molecule has 4 heteroatoms. The molecule has 176 valence electrons. The van der Waals surface area contributed by atoms with Crippen molar-refractivity contribution >= 4 is 23.2 Å². The van der Waals surface area contributed by atoms with Gasteiger partial charge >= 0.3 is 0 Å². The summed E-state index contributed by atoms with van der Waals surface area (Å²) < 4.78 is 6.15. The fourth-order valence-electron chi connectivity index (χ4n) is 4.64. The molecular formula is C32H25BrNOP. The van der Waals surface area contributed by atoms with Crippen molar-refractivity contribution in [2.45, 2.75) is 5.66 Å². The lowest BCUT2D eigenvalue weighted by Crippen LogP contribution is -3.00. The minimum Gasteiger partial charge on any atom is -1.00 e. The van der Waals surface area contributed by atoms with E-state index in [1.807, 2.05) is 66.7 Å². The van der Waals surface area contributed by atoms with E-state index in [1.165, 1.54) is 15.9 Å². The topological polar surface area (TPSA) is 33.0 Å². The summed E-state index contributed by atoms with van der Waals surface area (Å²) in [7, 11) is -2.40. The van der Waals surface area contributed by atoms with Crippen molar-refractivity contribution in [3.8, 4) is 17.6 Å². The maximum atomic E-state index is 10.8. The van der Waals surface area contributed by atoms with Gasteiger partial charge in [0.05, 0.1) is 0 Å². The summed E-state index contributed by atoms with van der Waals surface area (Å²) in [6.45, 7) is 0. The van der Waals surface area contributed by atoms with Crippen LogP contribution in [-0.2, 0) is 0 Å². The number of nitrogens with zero attached hydrogens (tertiary/aromatic N) is 1. The van der Waals surface area contributed by atoms with Crippen molar-refractivity contribution in [1.29, 1.82) is 5.26 Å². The molecule has 0 bridgehead atoms. The van der Waals surface area contributed by atoms with Crippen LogP contribution in [-0.4, -0.2) is 0 Å². The zero-order valence-electron chi connectivity index (χ0n) is 19.6. The number of hydrogen-bond donors (Lipinski definition) is 0. The van der Waals surface area contributed by atoms with Crippen molar-refractivity contribution in [2.24, 2.45) is 0 Å². The Morgan fingerprint density at radius 2 is 0.944 bits per heavy atom. The maximum Gasteiger partial charge on any atom is 0.193 e. The Bertz CT molecular complexity index is 1320. The van der Waals surface area contributed by atoms with Crippen molar-refractivity contribution in [3.63, 3.8) is 0 Å². The Morgan fingerprint density at radius 1 is 0.528 bits per heavy atom. The second-order valence-electron chi connectivity index (χ2n) is 8.25. The van der Waals surface area contributed by atoms with Gasteiger partial charge in [0.2, 0.25) is 0 Å². The van der Waals surface area contributed by atoms with Crippen LogP contribution in [0.25, 0.3) is 0 Å². The summed E-state index contributed by atoms with van der Waals surface area (Å²) >= 11 is 0. The van der Waals surface area contributed by atoms with Crippen LogP contribution < -0.4 is 37.6 Å². The summed E-state index contributed by atoms with van der Waals surface area (Å²) in [5, 5.41) is 14.4. The van der Waals surface area contributed by atoms with Crippen molar-refractivity contribution in [3.05, 3.63) is 151 Å². The summed E-state index contributed by atoms with van der Waals surface area (Å²) in [5.74, 6) is 1.50. The number of benzene rings is 5. The maximum absolute atomic E-state index is 10.8. The minimum atomic E-state index is -2.40. The Labute approximate surface area is 223 Å². The van der Waals surface area contributed by atoms with E-state index in [0.29, 0.717) is 0 Å². The van der Waals surface area contributed by atoms with E-state index in [-0.39, 0.29) is 17.0 Å². The smallest absolute Gasteiger partial charge is 0.193 e. The fraction of sp³-hybridized carbons (Fsp3) is 0.0312. The lowest BCUT2D eigenvalue weighted by atomic mass is 10.1. The average Bonchev–Trinajstić information content (AvgIpc) is 2.94. The van der Waals surface area contributed by atoms with Gasteiger partial charge in [0.25, 0.3) is 0 Å². The zero-order valence-corrected chi connectivity index (χ0v) is 22.1. The Balaban J connectivity index is 0.00000304. The lowest BCUT2D eigenvalue weighted by molar-refractivity contribution is -0.00000750. The van der Waals surface area contributed by atoms with Crippen LogP contribution >= 0.6 is 7.26 Å². The van der Waals surface area contributed by atoms with E-state index >= 15 is 0 Å². The molecule has 0 heterocycles. The quantitative estimate of drug-likeness (QED) is 0.287. The van der Waals surface area contributed by atoms with Gasteiger partial charge in [-0.15, -0.1) is 0 Å². The molecule has 5 aromatic rings. The van der Waals surface area contributed by atoms with Gasteiger partial charge in [0.1, 0.15) is 40.7 Å². The summed E-state index contributed by atoms with van der Waals surface area (Å²) in [6, 6.07) is 52.0. The number of halogens is 1. The lowest BCUT2D eigenvalue weighted by Gasteiger charge is -2.31. The summed E-state index contributed by atoms with van der Waals surface area (Å²) in [5.41, 5.74) is 0.555. The minimum absolute atomic E-state index is 0. The molecule has 0 saturated carbocycles. The molecule has 0 saturated heterocycles. The number of nitriles is 1. The average molecular weight is 550 g/mol. The van der Waals surface area contributed by atoms with E-state index in [9.17, 15) is 5.26 Å². The molecule has 5 rings (SSSR count). The van der Waals surface area contributed by atoms with Crippen LogP contribution in [0.2, 0.25) is 0 Å². The van der Waals surface area contributed by atoms with Crippen molar-refractivity contribution < 1.29 is 21.7 Å². The van der Waals surface area contributed by atoms with Crippen LogP contribution in [0.5, 0.6) is 11.5 Å². The van der Waals surface area contributed by atoms with Crippen LogP contribution in [0.3, 0.4) is 0 Å². The summed E-state index contributed by atoms with van der Waals surface area (Å²) in [4.78, 5) is 0. The van der Waals surface area contributed by atoms with Gasteiger partial charge in [-0.05, 0) is 60.7 Å². The molecule has 0 spiro atoms. The Morgan fingerprint density at radius 3 is 1.39 bits per heavy atom. The predicted octanol–water partition coefficient (Wildman–Crippen LogP) is 4.04. The highest BCUT2D eigenvalue weighted by atomic mass is 79.9. The van der Waals surface area contributed by atoms with Crippen LogP contribution in [0.15, 0.2) is 146 Å². The monoisotopic (exact) mass is 549 g/mol. The van der Waals surface area contributed by atoms with Gasteiger partial charge in [-0.25, -0.2) is 0 Å². The molecule has 0 aliphatic heterocycles. The molecule has 0 radical (unpaired) electrons. The molecule has 2 nitrogen and oxygen atoms in total. The number of hydrogen-bond acceptors (Lipinski definition) is 2. The van der Waals surface area contributed by atoms with E-state index < -0.39 is 12.9 Å². The first-order chi connectivity index (χ1) is 17.3. The van der Waals surface area contributed by atoms with E-state index in [4.69, 9.17) is 4.74 Å². The number of rotatable bonds is 7. The molecule has 0 aliphatic carbocycles. The van der Waals surface area contributed by atoms with Crippen molar-refractivity contribution in [1.82, 2.24) is 0 Å². The second kappa shape index (κ2) is 11.8. The van der Waals surface area contributed by atoms with E-state index in [2.05, 4.69) is 84.9 Å². The number of ether oxygens (including phenoxy) is 1. The van der Waals surface area contributed by atoms with Crippen LogP contribution in [0.4, 0.5) is 0 Å². The molecule has 1 atom stereocenters. The standard InChI is InChI=1S/C32H25NOP.BrH/c33-25-32(26-14-13-17-28(24-26)34-27-15-5-1-6-16-27)35(29-18-7-2-8-19-29,30-20-9-3-10-21-30)31-22-11-4-12-23-31;/h1-24,32H;1H/q+1;/p-1. The molecule has 1 unspecified atom stereocenters. The highest BCUT2D eigenvalue weighted by molar-refractivity contribution is 7.96. The normalized spacial score (nSPS) is 11.5. The zero-order chi connectivity index (χ0) is 23.9. The first-order valence-electron chi connectivity index (χ1n) is 11.6. The third kappa shape index (κ3) is 4.98. The van der Waals surface area contributed by atoms with Gasteiger partial charge in [0.15, 0.2) is 5.66 Å². The first kappa shape index (κ1) is 25.4. The molecule has 0 fully saturated rings. The third-order valence-electron chi connectivity index (χ3n) is 6.15. The molecule has 0 N–H and O–H groups in total. The van der Waals surface area contributed by atoms with E-state index in [0.717, 1.165) is 17.1 Å². The number of para-hydroxylation sites is 1. The first-order valence-corrected chi connectivity index (χ1v) is 13.5. The predicted molar refractivity (Wildman–Crippen MR) is 146 cm³/mol. The molecule has 5 aromatic carbocycles. The van der Waals surface area contributed by atoms with Gasteiger partial charge in [-0.2, -0.15) is 5.26 Å². The van der Waals surface area contributed by atoms with Crippen LogP contribution in [0, 0.1) is 11.3 Å². The third-order valence-corrected chi connectivity index (χ3v) is 10.7. The van der Waals surface area contributed by atoms with Crippen molar-refractivity contribution in [2.75, 3.05) is 0 Å². The van der Waals surface area contributed by atoms with Gasteiger partial charge in [-0.1, -0.05) is 84.9 Å². The molecular weight excluding hydrogens is 525 g/mol. The van der Waals surface area contributed by atoms with Gasteiger partial charge < -0.3 is 21.7 Å². The fourth-order valence-corrected chi connectivity index (χ4v) is 9.14. The van der Waals surface area contributed by atoms with Gasteiger partial charge in [0, 0.05) is 5.56 Å². The largest absolute Gasteiger partial charge is 1.00 e. The molecule has 0 aliphatic rings. The highest BCUT2D eigenvalue weighted by Crippen LogP contribution is 2.66. The Hall–Kier alpha value is -3.70. The Kier molecular flexibility index (Phi) is 8.34. The summed E-state index contributed by atoms with van der Waals surface area (Å²) in [6.07, 6.45) is 0. The molecule has 0 amide bonds. The van der Waals surface area contributed by atoms with Crippen LogP contribution in [0.1, 0.15) is 11.2 Å². The van der Waals surface area contributed by atoms with Gasteiger partial charge in [-0.3, -0.25) is 0 Å². The second-order valence-corrected chi connectivity index (χ2v) is 11.8. The van der Waals surface area contributed by atoms with E-state index in [1.54, 1.807) is 0 Å². The highest BCUT2D eigenvalue weighted by Gasteiger charge is 2.53. The molecule has 36 heavy (non-hydrogen) atoms. The SMILES string of the molecule is N#CC(c1cccc(Oc2ccccc2)c1)[P+](c1ccccc1)(c1ccccc1)c1ccccc1.[Br-]. The molecule has 0 aromatic heterocycles.